The monoisotopic (exact) mass is 355 g/mol. The first-order valence-electron chi connectivity index (χ1n) is 8.81. The molecule has 5 nitrogen and oxygen atoms in total. The van der Waals surface area contributed by atoms with Crippen LogP contribution in [0.25, 0.3) is 0 Å². The van der Waals surface area contributed by atoms with Gasteiger partial charge in [0.05, 0.1) is 18.8 Å². The number of ether oxygens (including phenoxy) is 2. The maximum Gasteiger partial charge on any atom is 0.338 e. The van der Waals surface area contributed by atoms with Crippen molar-refractivity contribution in [2.75, 3.05) is 18.5 Å². The van der Waals surface area contributed by atoms with Crippen LogP contribution in [0.15, 0.2) is 48.5 Å². The van der Waals surface area contributed by atoms with E-state index in [9.17, 15) is 9.59 Å². The Hall–Kier alpha value is -2.82. The molecule has 1 N–H and O–H groups in total. The molecular formula is C21H25NO4. The zero-order chi connectivity index (χ0) is 18.9. The Bertz CT molecular complexity index is 721. The highest BCUT2D eigenvalue weighted by Gasteiger charge is 2.09. The third-order valence-electron chi connectivity index (χ3n) is 3.73. The molecule has 0 saturated heterocycles. The summed E-state index contributed by atoms with van der Waals surface area (Å²) in [5.74, 6) is 0.748. The number of nitrogens with one attached hydrogen (secondary N) is 1. The molecule has 0 spiro atoms. The lowest BCUT2D eigenvalue weighted by atomic mass is 10.1. The molecule has 0 atom stereocenters. The predicted molar refractivity (Wildman–Crippen MR) is 102 cm³/mol. The van der Waals surface area contributed by atoms with Crippen molar-refractivity contribution in [2.24, 2.45) is 5.92 Å². The van der Waals surface area contributed by atoms with E-state index < -0.39 is 0 Å². The largest absolute Gasteiger partial charge is 0.494 e. The van der Waals surface area contributed by atoms with Gasteiger partial charge in [0.2, 0.25) is 0 Å². The molecular weight excluding hydrogens is 330 g/mol. The van der Waals surface area contributed by atoms with Gasteiger partial charge in [-0.3, -0.25) is 4.79 Å². The minimum atomic E-state index is -0.376. The molecule has 0 saturated carbocycles. The van der Waals surface area contributed by atoms with Crippen molar-refractivity contribution in [1.82, 2.24) is 0 Å². The van der Waals surface area contributed by atoms with Crippen molar-refractivity contribution < 1.29 is 19.1 Å². The molecule has 26 heavy (non-hydrogen) atoms. The molecule has 0 unspecified atom stereocenters. The van der Waals surface area contributed by atoms with Crippen LogP contribution in [0.2, 0.25) is 0 Å². The standard InChI is InChI=1S/C21H25NO4/c1-4-25-21(24)17-5-9-18(10-6-17)22-20(23)16-7-11-19(12-8-16)26-14-13-15(2)3/h5-12,15H,4,13-14H2,1-3H3,(H,22,23). The second kappa shape index (κ2) is 9.61. The number of anilines is 1. The average molecular weight is 355 g/mol. The molecule has 2 rings (SSSR count). The minimum absolute atomic E-state index is 0.220. The Kier molecular flexibility index (Phi) is 7.21. The van der Waals surface area contributed by atoms with Crippen molar-refractivity contribution in [2.45, 2.75) is 27.2 Å². The lowest BCUT2D eigenvalue weighted by Gasteiger charge is -2.09. The second-order valence-electron chi connectivity index (χ2n) is 6.31. The van der Waals surface area contributed by atoms with Gasteiger partial charge in [0.25, 0.3) is 5.91 Å². The normalized spacial score (nSPS) is 10.5. The van der Waals surface area contributed by atoms with Crippen LogP contribution >= 0.6 is 0 Å². The minimum Gasteiger partial charge on any atom is -0.494 e. The van der Waals surface area contributed by atoms with Crippen molar-refractivity contribution >= 4 is 17.6 Å². The van der Waals surface area contributed by atoms with Crippen LogP contribution in [0.3, 0.4) is 0 Å². The van der Waals surface area contributed by atoms with Gasteiger partial charge in [-0.15, -0.1) is 0 Å². The Labute approximate surface area is 154 Å². The summed E-state index contributed by atoms with van der Waals surface area (Å²) in [7, 11) is 0. The van der Waals surface area contributed by atoms with Gasteiger partial charge in [-0.2, -0.15) is 0 Å². The van der Waals surface area contributed by atoms with Crippen molar-refractivity contribution in [1.29, 1.82) is 0 Å². The summed E-state index contributed by atoms with van der Waals surface area (Å²) < 4.78 is 10.6. The lowest BCUT2D eigenvalue weighted by Crippen LogP contribution is -2.12. The summed E-state index contributed by atoms with van der Waals surface area (Å²) in [6, 6.07) is 13.6. The maximum absolute atomic E-state index is 12.3. The van der Waals surface area contributed by atoms with Crippen molar-refractivity contribution in [3.8, 4) is 5.75 Å². The van der Waals surface area contributed by atoms with Crippen molar-refractivity contribution in [3.63, 3.8) is 0 Å². The van der Waals surface area contributed by atoms with E-state index in [4.69, 9.17) is 9.47 Å². The number of hydrogen-bond acceptors (Lipinski definition) is 4. The van der Waals surface area contributed by atoms with E-state index in [2.05, 4.69) is 19.2 Å². The highest BCUT2D eigenvalue weighted by Crippen LogP contribution is 2.16. The van der Waals surface area contributed by atoms with E-state index in [-0.39, 0.29) is 11.9 Å². The number of benzene rings is 2. The summed E-state index contributed by atoms with van der Waals surface area (Å²) in [4.78, 5) is 23.9. The fourth-order valence-corrected chi connectivity index (χ4v) is 2.22. The number of amides is 1. The van der Waals surface area contributed by atoms with Crippen LogP contribution in [0.4, 0.5) is 5.69 Å². The lowest BCUT2D eigenvalue weighted by molar-refractivity contribution is 0.0526. The van der Waals surface area contributed by atoms with Crippen LogP contribution in [0.1, 0.15) is 47.9 Å². The average Bonchev–Trinajstić information content (AvgIpc) is 2.63. The van der Waals surface area contributed by atoms with Gasteiger partial charge in [0, 0.05) is 11.3 Å². The van der Waals surface area contributed by atoms with E-state index in [1.54, 1.807) is 55.5 Å². The molecule has 2 aromatic rings. The summed E-state index contributed by atoms with van der Waals surface area (Å²) in [6.45, 7) is 7.05. The summed E-state index contributed by atoms with van der Waals surface area (Å²) in [5.41, 5.74) is 1.60. The molecule has 0 fully saturated rings. The van der Waals surface area contributed by atoms with Crippen LogP contribution in [-0.4, -0.2) is 25.1 Å². The highest BCUT2D eigenvalue weighted by molar-refractivity contribution is 6.04. The van der Waals surface area contributed by atoms with Gasteiger partial charge in [0.1, 0.15) is 5.75 Å². The SMILES string of the molecule is CCOC(=O)c1ccc(NC(=O)c2ccc(OCCC(C)C)cc2)cc1. The van der Waals surface area contributed by atoms with E-state index in [0.717, 1.165) is 12.2 Å². The fourth-order valence-electron chi connectivity index (χ4n) is 2.22. The van der Waals surface area contributed by atoms with E-state index >= 15 is 0 Å². The van der Waals surface area contributed by atoms with Crippen LogP contribution in [-0.2, 0) is 4.74 Å². The van der Waals surface area contributed by atoms with E-state index in [0.29, 0.717) is 35.9 Å². The molecule has 0 bridgehead atoms. The quantitative estimate of drug-likeness (QED) is 0.706. The Morgan fingerprint density at radius 3 is 2.15 bits per heavy atom. The van der Waals surface area contributed by atoms with Crippen LogP contribution < -0.4 is 10.1 Å². The molecule has 138 valence electrons. The Morgan fingerprint density at radius 1 is 0.962 bits per heavy atom. The number of carbonyl (C=O) groups excluding carboxylic acids is 2. The number of hydrogen-bond donors (Lipinski definition) is 1. The first-order chi connectivity index (χ1) is 12.5. The smallest absolute Gasteiger partial charge is 0.338 e. The Morgan fingerprint density at radius 2 is 1.58 bits per heavy atom. The third kappa shape index (κ3) is 5.92. The van der Waals surface area contributed by atoms with Gasteiger partial charge in [-0.05, 0) is 67.8 Å². The molecule has 0 aromatic heterocycles. The highest BCUT2D eigenvalue weighted by atomic mass is 16.5. The molecule has 0 heterocycles. The number of esters is 1. The third-order valence-corrected chi connectivity index (χ3v) is 3.73. The second-order valence-corrected chi connectivity index (χ2v) is 6.31. The number of carbonyl (C=O) groups is 2. The van der Waals surface area contributed by atoms with Gasteiger partial charge < -0.3 is 14.8 Å². The van der Waals surface area contributed by atoms with Gasteiger partial charge in [-0.25, -0.2) is 4.79 Å². The first kappa shape index (κ1) is 19.5. The van der Waals surface area contributed by atoms with Gasteiger partial charge in [-0.1, -0.05) is 13.8 Å². The zero-order valence-electron chi connectivity index (χ0n) is 15.5. The molecule has 5 heteroatoms. The molecule has 0 aliphatic carbocycles. The van der Waals surface area contributed by atoms with E-state index in [1.165, 1.54) is 0 Å². The van der Waals surface area contributed by atoms with E-state index in [1.807, 2.05) is 0 Å². The predicted octanol–water partition coefficient (Wildman–Crippen LogP) is 4.54. The van der Waals surface area contributed by atoms with Crippen LogP contribution in [0, 0.1) is 5.92 Å². The molecule has 2 aromatic carbocycles. The van der Waals surface area contributed by atoms with Crippen molar-refractivity contribution in [3.05, 3.63) is 59.7 Å². The summed E-state index contributed by atoms with van der Waals surface area (Å²) >= 11 is 0. The van der Waals surface area contributed by atoms with Gasteiger partial charge >= 0.3 is 5.97 Å². The fraction of sp³-hybridized carbons (Fsp3) is 0.333. The zero-order valence-corrected chi connectivity index (χ0v) is 15.5. The molecule has 0 aliphatic rings. The topological polar surface area (TPSA) is 64.6 Å². The molecule has 1 amide bonds. The molecule has 0 aliphatic heterocycles. The maximum atomic E-state index is 12.3. The summed E-state index contributed by atoms with van der Waals surface area (Å²) in [5, 5.41) is 2.80. The Balaban J connectivity index is 1.91. The summed E-state index contributed by atoms with van der Waals surface area (Å²) in [6.07, 6.45) is 0.990. The first-order valence-corrected chi connectivity index (χ1v) is 8.81. The van der Waals surface area contributed by atoms with Crippen LogP contribution in [0.5, 0.6) is 5.75 Å². The number of rotatable bonds is 8. The van der Waals surface area contributed by atoms with Gasteiger partial charge in [0.15, 0.2) is 0 Å². The molecule has 0 radical (unpaired) electrons.